The summed E-state index contributed by atoms with van der Waals surface area (Å²) in [4.78, 5) is 52.3. The molecule has 3 aromatic carbocycles. The molecule has 196 valence electrons. The molecule has 0 aromatic heterocycles. The summed E-state index contributed by atoms with van der Waals surface area (Å²) < 4.78 is 16.4. The Bertz CT molecular complexity index is 1280. The third-order valence-electron chi connectivity index (χ3n) is 6.01. The molecule has 0 radical (unpaired) electrons. The Hall–Kier alpha value is -4.54. The van der Waals surface area contributed by atoms with Crippen LogP contribution in [0.2, 0.25) is 0 Å². The Morgan fingerprint density at radius 2 is 1.34 bits per heavy atom. The van der Waals surface area contributed by atoms with Crippen LogP contribution in [-0.2, 0) is 19.0 Å². The van der Waals surface area contributed by atoms with Crippen LogP contribution in [0.4, 0.5) is 0 Å². The molecular formula is C28H25NO9. The summed E-state index contributed by atoms with van der Waals surface area (Å²) in [6, 6.07) is 23.6. The minimum absolute atomic E-state index is 0.119. The zero-order valence-electron chi connectivity index (χ0n) is 20.1. The molecule has 10 nitrogen and oxygen atoms in total. The second-order valence-corrected chi connectivity index (χ2v) is 8.55. The zero-order chi connectivity index (χ0) is 27.1. The molecule has 4 atom stereocenters. The molecule has 0 bridgehead atoms. The maximum absolute atomic E-state index is 13.4. The van der Waals surface area contributed by atoms with Gasteiger partial charge < -0.3 is 29.7 Å². The molecule has 1 fully saturated rings. The molecule has 1 amide bonds. The lowest BCUT2D eigenvalue weighted by Gasteiger charge is -2.33. The summed E-state index contributed by atoms with van der Waals surface area (Å²) in [6.07, 6.45) is -4.93. The first kappa shape index (κ1) is 26.5. The highest BCUT2D eigenvalue weighted by Crippen LogP contribution is 2.33. The number of rotatable bonds is 9. The SMILES string of the molecule is O=C(N[C@]1(COC(=O)c2ccccc2)C(=O)O[C@H]([C@H](O)CO)[C@@H]1OC(=O)c1ccccc1)c1ccccc1. The summed E-state index contributed by atoms with van der Waals surface area (Å²) in [5.74, 6) is -3.58. The molecule has 4 rings (SSSR count). The topological polar surface area (TPSA) is 148 Å². The van der Waals surface area contributed by atoms with Crippen molar-refractivity contribution in [2.45, 2.75) is 23.9 Å². The van der Waals surface area contributed by atoms with Gasteiger partial charge in [0.25, 0.3) is 5.91 Å². The Balaban J connectivity index is 1.73. The Morgan fingerprint density at radius 1 is 0.842 bits per heavy atom. The number of carbonyl (C=O) groups excluding carboxylic acids is 4. The van der Waals surface area contributed by atoms with Crippen LogP contribution in [0, 0.1) is 0 Å². The van der Waals surface area contributed by atoms with Crippen LogP contribution in [0.15, 0.2) is 91.0 Å². The quantitative estimate of drug-likeness (QED) is 0.283. The Morgan fingerprint density at radius 3 is 1.87 bits per heavy atom. The number of aliphatic hydroxyl groups excluding tert-OH is 2. The lowest BCUT2D eigenvalue weighted by atomic mass is 9.89. The van der Waals surface area contributed by atoms with Crippen molar-refractivity contribution < 1.29 is 43.6 Å². The highest BCUT2D eigenvalue weighted by atomic mass is 16.6. The van der Waals surface area contributed by atoms with E-state index in [-0.39, 0.29) is 16.7 Å². The molecule has 1 heterocycles. The van der Waals surface area contributed by atoms with E-state index in [1.165, 1.54) is 36.4 Å². The van der Waals surface area contributed by atoms with Gasteiger partial charge >= 0.3 is 17.9 Å². The van der Waals surface area contributed by atoms with E-state index >= 15 is 0 Å². The first-order valence-corrected chi connectivity index (χ1v) is 11.7. The maximum atomic E-state index is 13.4. The van der Waals surface area contributed by atoms with Gasteiger partial charge in [0.1, 0.15) is 12.7 Å². The fourth-order valence-corrected chi connectivity index (χ4v) is 4.00. The Labute approximate surface area is 217 Å². The van der Waals surface area contributed by atoms with Crippen molar-refractivity contribution in [1.82, 2.24) is 5.32 Å². The molecule has 3 aromatic rings. The second-order valence-electron chi connectivity index (χ2n) is 8.55. The molecule has 1 aliphatic rings. The van der Waals surface area contributed by atoms with Crippen LogP contribution in [0.3, 0.4) is 0 Å². The summed E-state index contributed by atoms with van der Waals surface area (Å²) in [5, 5.41) is 22.5. The first-order chi connectivity index (χ1) is 18.4. The number of ether oxygens (including phenoxy) is 3. The summed E-state index contributed by atoms with van der Waals surface area (Å²) in [6.45, 7) is -1.64. The van der Waals surface area contributed by atoms with Gasteiger partial charge in [-0.25, -0.2) is 14.4 Å². The number of amides is 1. The molecule has 3 N–H and O–H groups in total. The van der Waals surface area contributed by atoms with Crippen LogP contribution >= 0.6 is 0 Å². The van der Waals surface area contributed by atoms with E-state index < -0.39 is 60.9 Å². The highest BCUT2D eigenvalue weighted by Gasteiger charge is 2.63. The van der Waals surface area contributed by atoms with E-state index in [2.05, 4.69) is 5.32 Å². The molecule has 0 spiro atoms. The lowest BCUT2D eigenvalue weighted by molar-refractivity contribution is -0.151. The normalized spacial score (nSPS) is 21.2. The molecule has 0 unspecified atom stereocenters. The van der Waals surface area contributed by atoms with E-state index in [1.54, 1.807) is 54.6 Å². The van der Waals surface area contributed by atoms with Crippen molar-refractivity contribution in [3.05, 3.63) is 108 Å². The van der Waals surface area contributed by atoms with Gasteiger partial charge in [-0.2, -0.15) is 0 Å². The van der Waals surface area contributed by atoms with Crippen LogP contribution in [0.1, 0.15) is 31.1 Å². The lowest BCUT2D eigenvalue weighted by Crippen LogP contribution is -2.64. The number of hydrogen-bond donors (Lipinski definition) is 3. The monoisotopic (exact) mass is 519 g/mol. The van der Waals surface area contributed by atoms with E-state index in [0.717, 1.165) is 0 Å². The van der Waals surface area contributed by atoms with Gasteiger partial charge in [-0.3, -0.25) is 4.79 Å². The number of nitrogens with one attached hydrogen (secondary N) is 1. The molecule has 1 aliphatic heterocycles. The van der Waals surface area contributed by atoms with Crippen molar-refractivity contribution in [1.29, 1.82) is 0 Å². The van der Waals surface area contributed by atoms with E-state index in [9.17, 15) is 29.4 Å². The van der Waals surface area contributed by atoms with E-state index in [4.69, 9.17) is 14.2 Å². The summed E-state index contributed by atoms with van der Waals surface area (Å²) in [5.41, 5.74) is -1.79. The van der Waals surface area contributed by atoms with Gasteiger partial charge in [0.2, 0.25) is 5.54 Å². The summed E-state index contributed by atoms with van der Waals surface area (Å²) >= 11 is 0. The third-order valence-corrected chi connectivity index (χ3v) is 6.01. The number of aliphatic hydroxyl groups is 2. The van der Waals surface area contributed by atoms with Gasteiger partial charge in [0.15, 0.2) is 12.2 Å². The van der Waals surface area contributed by atoms with Crippen molar-refractivity contribution in [3.8, 4) is 0 Å². The Kier molecular flexibility index (Phi) is 8.15. The highest BCUT2D eigenvalue weighted by molar-refractivity contribution is 6.00. The number of benzene rings is 3. The number of cyclic esters (lactones) is 1. The fraction of sp³-hybridized carbons (Fsp3) is 0.214. The molecule has 38 heavy (non-hydrogen) atoms. The average molecular weight is 520 g/mol. The maximum Gasteiger partial charge on any atom is 0.340 e. The van der Waals surface area contributed by atoms with Crippen LogP contribution < -0.4 is 5.32 Å². The predicted molar refractivity (Wildman–Crippen MR) is 132 cm³/mol. The smallest absolute Gasteiger partial charge is 0.340 e. The van der Waals surface area contributed by atoms with Gasteiger partial charge in [-0.05, 0) is 36.4 Å². The molecule has 1 saturated heterocycles. The minimum atomic E-state index is -2.25. The fourth-order valence-electron chi connectivity index (χ4n) is 4.00. The zero-order valence-corrected chi connectivity index (χ0v) is 20.1. The van der Waals surface area contributed by atoms with Crippen molar-refractivity contribution >= 4 is 23.8 Å². The van der Waals surface area contributed by atoms with Crippen molar-refractivity contribution in [2.75, 3.05) is 13.2 Å². The van der Waals surface area contributed by atoms with Gasteiger partial charge in [-0.15, -0.1) is 0 Å². The van der Waals surface area contributed by atoms with E-state index in [0.29, 0.717) is 0 Å². The standard InChI is InChI=1S/C28H25NO9/c30-16-21(31)22-23(38-26(34)20-14-8-3-9-15-20)28(27(35)37-22,29-24(32)18-10-4-1-5-11-18)17-36-25(33)19-12-6-2-7-13-19/h1-15,21-23,30-31H,16-17H2,(H,29,32)/t21-,22-,23+,28+/m1/s1. The number of carbonyl (C=O) groups is 4. The largest absolute Gasteiger partial charge is 0.459 e. The van der Waals surface area contributed by atoms with Crippen LogP contribution in [0.25, 0.3) is 0 Å². The molecular weight excluding hydrogens is 494 g/mol. The number of hydrogen-bond acceptors (Lipinski definition) is 9. The molecule has 10 heteroatoms. The van der Waals surface area contributed by atoms with Crippen LogP contribution in [-0.4, -0.2) is 71.1 Å². The third kappa shape index (κ3) is 5.56. The molecule has 0 aliphatic carbocycles. The average Bonchev–Trinajstić information content (AvgIpc) is 3.23. The summed E-state index contributed by atoms with van der Waals surface area (Å²) in [7, 11) is 0. The van der Waals surface area contributed by atoms with Gasteiger partial charge in [0.05, 0.1) is 17.7 Å². The van der Waals surface area contributed by atoms with Gasteiger partial charge in [0, 0.05) is 5.56 Å². The van der Waals surface area contributed by atoms with Gasteiger partial charge in [-0.1, -0.05) is 54.6 Å². The van der Waals surface area contributed by atoms with Crippen LogP contribution in [0.5, 0.6) is 0 Å². The predicted octanol–water partition coefficient (Wildman–Crippen LogP) is 1.52. The number of esters is 3. The van der Waals surface area contributed by atoms with E-state index in [1.807, 2.05) is 0 Å². The molecule has 0 saturated carbocycles. The van der Waals surface area contributed by atoms with Crippen molar-refractivity contribution in [2.24, 2.45) is 0 Å². The minimum Gasteiger partial charge on any atom is -0.459 e. The van der Waals surface area contributed by atoms with Crippen molar-refractivity contribution in [3.63, 3.8) is 0 Å². The second kappa shape index (κ2) is 11.7. The first-order valence-electron chi connectivity index (χ1n) is 11.7.